The zero-order valence-corrected chi connectivity index (χ0v) is 10.3. The summed E-state index contributed by atoms with van der Waals surface area (Å²) >= 11 is 0. The predicted molar refractivity (Wildman–Crippen MR) is 63.0 cm³/mol. The van der Waals surface area contributed by atoms with Crippen LogP contribution in [-0.4, -0.2) is 9.97 Å². The van der Waals surface area contributed by atoms with Crippen molar-refractivity contribution in [3.63, 3.8) is 0 Å². The highest BCUT2D eigenvalue weighted by Gasteiger charge is 2.30. The largest absolute Gasteiger partial charge is 0.439 e. The van der Waals surface area contributed by atoms with Crippen molar-refractivity contribution >= 4 is 0 Å². The van der Waals surface area contributed by atoms with Gasteiger partial charge >= 0.3 is 6.18 Å². The molecule has 2 aromatic rings. The molecule has 100 valence electrons. The fourth-order valence-corrected chi connectivity index (χ4v) is 1.59. The summed E-state index contributed by atoms with van der Waals surface area (Å²) in [6.07, 6.45) is -4.39. The number of hydrogen-bond acceptors (Lipinski definition) is 3. The Morgan fingerprint density at radius 2 is 1.79 bits per heavy atom. The molecule has 0 N–H and O–H groups in total. The molecule has 0 aliphatic heterocycles. The van der Waals surface area contributed by atoms with Gasteiger partial charge in [-0.05, 0) is 32.0 Å². The molecule has 0 saturated carbocycles. The van der Waals surface area contributed by atoms with E-state index >= 15 is 0 Å². The minimum Gasteiger partial charge on any atom is -0.439 e. The van der Waals surface area contributed by atoms with Crippen molar-refractivity contribution in [3.05, 3.63) is 47.4 Å². The number of rotatable bonds is 2. The van der Waals surface area contributed by atoms with E-state index in [1.165, 1.54) is 12.1 Å². The van der Waals surface area contributed by atoms with Crippen molar-refractivity contribution in [1.82, 2.24) is 9.97 Å². The van der Waals surface area contributed by atoms with Gasteiger partial charge in [0.1, 0.15) is 11.6 Å². The molecule has 0 aliphatic rings. The van der Waals surface area contributed by atoms with E-state index in [-0.39, 0.29) is 11.6 Å². The van der Waals surface area contributed by atoms with Crippen molar-refractivity contribution in [1.29, 1.82) is 0 Å². The molecule has 6 heteroatoms. The van der Waals surface area contributed by atoms with Gasteiger partial charge in [0.2, 0.25) is 5.88 Å². The summed E-state index contributed by atoms with van der Waals surface area (Å²) in [7, 11) is 0. The standard InChI is InChI=1S/C13H11F3N2O/c1-8-6-12(18-9(2)17-8)19-11-5-3-4-10(7-11)13(14,15)16/h3-7H,1-2H3. The Bertz CT molecular complexity index is 576. The molecule has 0 fully saturated rings. The normalized spacial score (nSPS) is 11.4. The smallest absolute Gasteiger partial charge is 0.416 e. The molecule has 0 bridgehead atoms. The predicted octanol–water partition coefficient (Wildman–Crippen LogP) is 3.90. The van der Waals surface area contributed by atoms with Crippen LogP contribution in [0.4, 0.5) is 13.2 Å². The zero-order valence-electron chi connectivity index (χ0n) is 10.3. The van der Waals surface area contributed by atoms with Gasteiger partial charge in [0.25, 0.3) is 0 Å². The molecule has 3 nitrogen and oxygen atoms in total. The van der Waals surface area contributed by atoms with Crippen LogP contribution in [0.25, 0.3) is 0 Å². The molecule has 0 amide bonds. The molecule has 1 heterocycles. The van der Waals surface area contributed by atoms with Crippen LogP contribution in [0.1, 0.15) is 17.1 Å². The fraction of sp³-hybridized carbons (Fsp3) is 0.231. The highest BCUT2D eigenvalue weighted by molar-refractivity contribution is 5.33. The van der Waals surface area contributed by atoms with E-state index in [9.17, 15) is 13.2 Å². The lowest BCUT2D eigenvalue weighted by Crippen LogP contribution is -2.04. The first-order chi connectivity index (χ1) is 8.84. The second-order valence-electron chi connectivity index (χ2n) is 4.02. The maximum absolute atomic E-state index is 12.6. The van der Waals surface area contributed by atoms with Gasteiger partial charge in [0.15, 0.2) is 0 Å². The molecule has 0 unspecified atom stereocenters. The van der Waals surface area contributed by atoms with E-state index < -0.39 is 11.7 Å². The third-order valence-electron chi connectivity index (χ3n) is 2.33. The van der Waals surface area contributed by atoms with E-state index in [1.807, 2.05) is 0 Å². The van der Waals surface area contributed by atoms with Crippen LogP contribution < -0.4 is 4.74 Å². The molecule has 0 spiro atoms. The van der Waals surface area contributed by atoms with Gasteiger partial charge in [-0.15, -0.1) is 0 Å². The van der Waals surface area contributed by atoms with Crippen LogP contribution in [0.2, 0.25) is 0 Å². The van der Waals surface area contributed by atoms with Gasteiger partial charge in [0.05, 0.1) is 5.56 Å². The van der Waals surface area contributed by atoms with E-state index in [4.69, 9.17) is 4.74 Å². The molecule has 0 aliphatic carbocycles. The average molecular weight is 268 g/mol. The number of benzene rings is 1. The van der Waals surface area contributed by atoms with Gasteiger partial charge in [-0.25, -0.2) is 4.98 Å². The van der Waals surface area contributed by atoms with Crippen molar-refractivity contribution in [3.8, 4) is 11.6 Å². The summed E-state index contributed by atoms with van der Waals surface area (Å²) in [6.45, 7) is 3.44. The Labute approximate surface area is 108 Å². The summed E-state index contributed by atoms with van der Waals surface area (Å²) in [5.74, 6) is 0.818. The maximum atomic E-state index is 12.6. The van der Waals surface area contributed by atoms with Gasteiger partial charge < -0.3 is 4.74 Å². The molecular formula is C13H11F3N2O. The number of aryl methyl sites for hydroxylation is 2. The summed E-state index contributed by atoms with van der Waals surface area (Å²) in [5, 5.41) is 0. The van der Waals surface area contributed by atoms with Crippen LogP contribution in [-0.2, 0) is 6.18 Å². The van der Waals surface area contributed by atoms with E-state index in [2.05, 4.69) is 9.97 Å². The molecule has 1 aromatic heterocycles. The van der Waals surface area contributed by atoms with Crippen LogP contribution in [0.3, 0.4) is 0 Å². The van der Waals surface area contributed by atoms with Crippen molar-refractivity contribution in [2.45, 2.75) is 20.0 Å². The number of halogens is 3. The van der Waals surface area contributed by atoms with Crippen LogP contribution >= 0.6 is 0 Å². The Hall–Kier alpha value is -2.11. The number of alkyl halides is 3. The van der Waals surface area contributed by atoms with E-state index in [0.717, 1.165) is 12.1 Å². The molecule has 0 saturated heterocycles. The van der Waals surface area contributed by atoms with Crippen molar-refractivity contribution < 1.29 is 17.9 Å². The number of aromatic nitrogens is 2. The van der Waals surface area contributed by atoms with Gasteiger partial charge in [-0.3, -0.25) is 0 Å². The quantitative estimate of drug-likeness (QED) is 0.828. The van der Waals surface area contributed by atoms with E-state index in [1.54, 1.807) is 19.9 Å². The fourth-order valence-electron chi connectivity index (χ4n) is 1.59. The van der Waals surface area contributed by atoms with Crippen LogP contribution in [0.15, 0.2) is 30.3 Å². The Morgan fingerprint density at radius 3 is 2.42 bits per heavy atom. The molecule has 0 radical (unpaired) electrons. The summed E-state index contributed by atoms with van der Waals surface area (Å²) in [4.78, 5) is 8.07. The van der Waals surface area contributed by atoms with Crippen molar-refractivity contribution in [2.75, 3.05) is 0 Å². The second kappa shape index (κ2) is 4.87. The highest BCUT2D eigenvalue weighted by Crippen LogP contribution is 2.32. The molecule has 19 heavy (non-hydrogen) atoms. The lowest BCUT2D eigenvalue weighted by Gasteiger charge is -2.10. The summed E-state index contributed by atoms with van der Waals surface area (Å²) in [6, 6.07) is 6.23. The maximum Gasteiger partial charge on any atom is 0.416 e. The zero-order chi connectivity index (χ0) is 14.0. The summed E-state index contributed by atoms with van der Waals surface area (Å²) < 4.78 is 43.0. The van der Waals surface area contributed by atoms with Gasteiger partial charge in [0, 0.05) is 11.8 Å². The Morgan fingerprint density at radius 1 is 1.05 bits per heavy atom. The third-order valence-corrected chi connectivity index (χ3v) is 2.33. The highest BCUT2D eigenvalue weighted by atomic mass is 19.4. The minimum absolute atomic E-state index is 0.0901. The average Bonchev–Trinajstić information content (AvgIpc) is 2.26. The first-order valence-corrected chi connectivity index (χ1v) is 5.52. The third kappa shape index (κ3) is 3.43. The number of hydrogen-bond donors (Lipinski definition) is 0. The van der Waals surface area contributed by atoms with Crippen molar-refractivity contribution in [2.24, 2.45) is 0 Å². The second-order valence-corrected chi connectivity index (χ2v) is 4.02. The molecule has 0 atom stereocenters. The first kappa shape index (κ1) is 13.3. The molecule has 2 rings (SSSR count). The number of nitrogens with zero attached hydrogens (tertiary/aromatic N) is 2. The Kier molecular flexibility index (Phi) is 3.42. The monoisotopic (exact) mass is 268 g/mol. The van der Waals surface area contributed by atoms with Crippen LogP contribution in [0, 0.1) is 13.8 Å². The SMILES string of the molecule is Cc1cc(Oc2cccc(C(F)(F)F)c2)nc(C)n1. The van der Waals surface area contributed by atoms with E-state index in [0.29, 0.717) is 11.5 Å². The minimum atomic E-state index is -4.39. The van der Waals surface area contributed by atoms with Gasteiger partial charge in [-0.2, -0.15) is 18.2 Å². The lowest BCUT2D eigenvalue weighted by molar-refractivity contribution is -0.137. The number of ether oxygens (including phenoxy) is 1. The lowest BCUT2D eigenvalue weighted by atomic mass is 10.2. The van der Waals surface area contributed by atoms with Gasteiger partial charge in [-0.1, -0.05) is 6.07 Å². The topological polar surface area (TPSA) is 35.0 Å². The molecule has 1 aromatic carbocycles. The Balaban J connectivity index is 2.28. The first-order valence-electron chi connectivity index (χ1n) is 5.52. The van der Waals surface area contributed by atoms with Crippen LogP contribution in [0.5, 0.6) is 11.6 Å². The molecular weight excluding hydrogens is 257 g/mol. The summed E-state index contributed by atoms with van der Waals surface area (Å²) in [5.41, 5.74) is -0.0676.